The molecule has 1 saturated heterocycles. The molecule has 2 heterocycles. The largest absolute Gasteiger partial charge is 0.495 e. The second-order valence-corrected chi connectivity index (χ2v) is 8.58. The first kappa shape index (κ1) is 21.8. The topological polar surface area (TPSA) is 80.8 Å². The first-order valence-electron chi connectivity index (χ1n) is 10.5. The highest BCUT2D eigenvalue weighted by Gasteiger charge is 2.23. The summed E-state index contributed by atoms with van der Waals surface area (Å²) in [7, 11) is 1.57. The maximum atomic E-state index is 12.7. The Morgan fingerprint density at radius 3 is 2.69 bits per heavy atom. The number of nitrogens with zero attached hydrogens (tertiary/aromatic N) is 2. The van der Waals surface area contributed by atoms with Crippen LogP contribution in [0.2, 0.25) is 0 Å². The molecule has 166 valence electrons. The molecule has 3 aromatic rings. The van der Waals surface area contributed by atoms with Gasteiger partial charge in [-0.05, 0) is 62.2 Å². The summed E-state index contributed by atoms with van der Waals surface area (Å²) in [6.07, 6.45) is 2.37. The van der Waals surface area contributed by atoms with Crippen molar-refractivity contribution >= 4 is 34.5 Å². The van der Waals surface area contributed by atoms with E-state index < -0.39 is 0 Å². The zero-order valence-corrected chi connectivity index (χ0v) is 18.9. The van der Waals surface area contributed by atoms with Crippen LogP contribution in [0.15, 0.2) is 47.8 Å². The number of carbonyl (C=O) groups is 2. The fourth-order valence-corrected chi connectivity index (χ4v) is 4.17. The van der Waals surface area contributed by atoms with E-state index in [1.54, 1.807) is 65.8 Å². The van der Waals surface area contributed by atoms with E-state index >= 15 is 0 Å². The molecular weight excluding hydrogens is 426 g/mol. The quantitative estimate of drug-likeness (QED) is 0.558. The number of rotatable bonds is 7. The van der Waals surface area contributed by atoms with Crippen molar-refractivity contribution in [3.05, 3.63) is 64.1 Å². The maximum Gasteiger partial charge on any atom is 0.255 e. The summed E-state index contributed by atoms with van der Waals surface area (Å²) in [4.78, 5) is 31.2. The second-order valence-electron chi connectivity index (χ2n) is 7.51. The third-order valence-electron chi connectivity index (χ3n) is 5.22. The van der Waals surface area contributed by atoms with Crippen LogP contribution in [0.25, 0.3) is 0 Å². The van der Waals surface area contributed by atoms with Crippen LogP contribution in [0.5, 0.6) is 11.5 Å². The first-order valence-corrected chi connectivity index (χ1v) is 11.3. The molecule has 0 atom stereocenters. The molecule has 4 rings (SSSR count). The first-order chi connectivity index (χ1) is 15.5. The van der Waals surface area contributed by atoms with Gasteiger partial charge in [0.2, 0.25) is 5.91 Å². The summed E-state index contributed by atoms with van der Waals surface area (Å²) < 4.78 is 11.2. The lowest BCUT2D eigenvalue weighted by atomic mass is 10.1. The van der Waals surface area contributed by atoms with E-state index in [0.717, 1.165) is 23.5 Å². The van der Waals surface area contributed by atoms with Crippen molar-refractivity contribution < 1.29 is 19.1 Å². The Bertz CT molecular complexity index is 1110. The van der Waals surface area contributed by atoms with Crippen molar-refractivity contribution in [2.24, 2.45) is 0 Å². The second kappa shape index (κ2) is 9.82. The van der Waals surface area contributed by atoms with Crippen molar-refractivity contribution in [1.82, 2.24) is 4.98 Å². The highest BCUT2D eigenvalue weighted by atomic mass is 32.1. The maximum absolute atomic E-state index is 12.7. The SMILES string of the molecule is COc1ccc(NC(=O)c2ccc(OCc3csc(C)n3)cc2)cc1N1CCCCC1=O. The smallest absolute Gasteiger partial charge is 0.255 e. The third kappa shape index (κ3) is 5.08. The van der Waals surface area contributed by atoms with Gasteiger partial charge in [-0.1, -0.05) is 0 Å². The lowest BCUT2D eigenvalue weighted by Crippen LogP contribution is -2.35. The standard InChI is InChI=1S/C24H25N3O4S/c1-16-25-19(15-32-16)14-31-20-9-6-17(7-10-20)24(29)26-18-8-11-22(30-2)21(13-18)27-12-4-3-5-23(27)28/h6-11,13,15H,3-5,12,14H2,1-2H3,(H,26,29). The molecule has 32 heavy (non-hydrogen) atoms. The van der Waals surface area contributed by atoms with Crippen molar-refractivity contribution in [3.8, 4) is 11.5 Å². The number of anilines is 2. The molecule has 0 bridgehead atoms. The van der Waals surface area contributed by atoms with Crippen LogP contribution >= 0.6 is 11.3 Å². The number of thiazole rings is 1. The van der Waals surface area contributed by atoms with E-state index in [-0.39, 0.29) is 11.8 Å². The predicted molar refractivity (Wildman–Crippen MR) is 125 cm³/mol. The summed E-state index contributed by atoms with van der Waals surface area (Å²) in [6.45, 7) is 2.99. The van der Waals surface area contributed by atoms with E-state index in [1.165, 1.54) is 0 Å². The molecule has 2 aromatic carbocycles. The van der Waals surface area contributed by atoms with Gasteiger partial charge in [0, 0.05) is 29.6 Å². The molecule has 1 N–H and O–H groups in total. The van der Waals surface area contributed by atoms with Gasteiger partial charge >= 0.3 is 0 Å². The van der Waals surface area contributed by atoms with Crippen LogP contribution in [0, 0.1) is 6.92 Å². The van der Waals surface area contributed by atoms with Crippen LogP contribution < -0.4 is 19.7 Å². The highest BCUT2D eigenvalue weighted by Crippen LogP contribution is 2.33. The molecule has 0 unspecified atom stereocenters. The van der Waals surface area contributed by atoms with E-state index in [1.807, 2.05) is 12.3 Å². The zero-order chi connectivity index (χ0) is 22.5. The van der Waals surface area contributed by atoms with Crippen LogP contribution in [-0.4, -0.2) is 30.5 Å². The number of hydrogen-bond donors (Lipinski definition) is 1. The van der Waals surface area contributed by atoms with Crippen LogP contribution in [0.3, 0.4) is 0 Å². The summed E-state index contributed by atoms with van der Waals surface area (Å²) in [5, 5.41) is 5.87. The number of carbonyl (C=O) groups excluding carboxylic acids is 2. The van der Waals surface area contributed by atoms with Crippen molar-refractivity contribution in [2.75, 3.05) is 23.9 Å². The minimum absolute atomic E-state index is 0.0708. The third-order valence-corrected chi connectivity index (χ3v) is 6.04. The van der Waals surface area contributed by atoms with Gasteiger partial charge in [-0.2, -0.15) is 0 Å². The Morgan fingerprint density at radius 1 is 1.19 bits per heavy atom. The van der Waals surface area contributed by atoms with E-state index in [9.17, 15) is 9.59 Å². The number of ether oxygens (including phenoxy) is 2. The lowest BCUT2D eigenvalue weighted by Gasteiger charge is -2.28. The van der Waals surface area contributed by atoms with Crippen molar-refractivity contribution in [1.29, 1.82) is 0 Å². The number of piperidine rings is 1. The highest BCUT2D eigenvalue weighted by molar-refractivity contribution is 7.09. The normalized spacial score (nSPS) is 13.7. The molecule has 0 saturated carbocycles. The van der Waals surface area contributed by atoms with Crippen molar-refractivity contribution in [2.45, 2.75) is 32.8 Å². The zero-order valence-electron chi connectivity index (χ0n) is 18.1. The number of aryl methyl sites for hydroxylation is 1. The molecule has 0 aliphatic carbocycles. The van der Waals surface area contributed by atoms with Gasteiger partial charge in [-0.25, -0.2) is 4.98 Å². The molecule has 7 nitrogen and oxygen atoms in total. The molecule has 8 heteroatoms. The molecule has 1 aromatic heterocycles. The van der Waals surface area contributed by atoms with Gasteiger partial charge in [-0.3, -0.25) is 9.59 Å². The number of hydrogen-bond acceptors (Lipinski definition) is 6. The number of amides is 2. The Balaban J connectivity index is 1.43. The average molecular weight is 452 g/mol. The van der Waals surface area contributed by atoms with Gasteiger partial charge in [-0.15, -0.1) is 11.3 Å². The molecule has 0 radical (unpaired) electrons. The molecule has 1 aliphatic heterocycles. The van der Waals surface area contributed by atoms with E-state index in [2.05, 4.69) is 10.3 Å². The van der Waals surface area contributed by atoms with Crippen LogP contribution in [0.4, 0.5) is 11.4 Å². The number of nitrogens with one attached hydrogen (secondary N) is 1. The predicted octanol–water partition coefficient (Wildman–Crippen LogP) is 4.81. The minimum atomic E-state index is -0.243. The van der Waals surface area contributed by atoms with Gasteiger partial charge in [0.05, 0.1) is 23.5 Å². The number of benzene rings is 2. The summed E-state index contributed by atoms with van der Waals surface area (Å²) >= 11 is 1.59. The van der Waals surface area contributed by atoms with Crippen molar-refractivity contribution in [3.63, 3.8) is 0 Å². The van der Waals surface area contributed by atoms with Gasteiger partial charge in [0.15, 0.2) is 0 Å². The van der Waals surface area contributed by atoms with E-state index in [0.29, 0.717) is 48.0 Å². The summed E-state index contributed by atoms with van der Waals surface area (Å²) in [5.74, 6) is 1.10. The van der Waals surface area contributed by atoms with E-state index in [4.69, 9.17) is 9.47 Å². The summed E-state index contributed by atoms with van der Waals surface area (Å²) in [5.41, 5.74) is 2.67. The number of aromatic nitrogens is 1. The molecule has 0 spiro atoms. The Hall–Kier alpha value is -3.39. The Labute approximate surface area is 191 Å². The Morgan fingerprint density at radius 2 is 2.00 bits per heavy atom. The Kier molecular flexibility index (Phi) is 6.70. The fourth-order valence-electron chi connectivity index (χ4n) is 3.58. The molecule has 1 fully saturated rings. The van der Waals surface area contributed by atoms with Crippen LogP contribution in [-0.2, 0) is 11.4 Å². The van der Waals surface area contributed by atoms with Gasteiger partial charge in [0.25, 0.3) is 5.91 Å². The van der Waals surface area contributed by atoms with Gasteiger partial charge in [0.1, 0.15) is 18.1 Å². The summed E-state index contributed by atoms with van der Waals surface area (Å²) in [6, 6.07) is 12.3. The fraction of sp³-hybridized carbons (Fsp3) is 0.292. The van der Waals surface area contributed by atoms with Gasteiger partial charge < -0.3 is 19.7 Å². The minimum Gasteiger partial charge on any atom is -0.495 e. The number of methoxy groups -OCH3 is 1. The monoisotopic (exact) mass is 451 g/mol. The average Bonchev–Trinajstić information content (AvgIpc) is 3.23. The lowest BCUT2D eigenvalue weighted by molar-refractivity contribution is -0.119. The molecule has 1 aliphatic rings. The molecular formula is C24H25N3O4S. The molecule has 2 amide bonds. The van der Waals surface area contributed by atoms with Crippen LogP contribution in [0.1, 0.15) is 40.3 Å².